The van der Waals surface area contributed by atoms with Crippen molar-refractivity contribution in [3.63, 3.8) is 0 Å². The quantitative estimate of drug-likeness (QED) is 0.713. The third-order valence-corrected chi connectivity index (χ3v) is 6.91. The molecule has 0 spiro atoms. The first-order chi connectivity index (χ1) is 11.8. The predicted molar refractivity (Wildman–Crippen MR) is 104 cm³/mol. The van der Waals surface area contributed by atoms with Gasteiger partial charge in [-0.2, -0.15) is 0 Å². The molecular formula is C22H38N2O. The summed E-state index contributed by atoms with van der Waals surface area (Å²) in [5, 5.41) is 0. The van der Waals surface area contributed by atoms with Crippen LogP contribution in [0.5, 0.6) is 0 Å². The molecule has 0 aromatic heterocycles. The van der Waals surface area contributed by atoms with Crippen LogP contribution in [0.2, 0.25) is 0 Å². The summed E-state index contributed by atoms with van der Waals surface area (Å²) in [6.45, 7) is 16.8. The van der Waals surface area contributed by atoms with Crippen LogP contribution in [0.25, 0.3) is 0 Å². The Morgan fingerprint density at radius 2 is 1.80 bits per heavy atom. The van der Waals surface area contributed by atoms with E-state index in [1.807, 2.05) is 0 Å². The van der Waals surface area contributed by atoms with Crippen LogP contribution in [-0.2, 0) is 4.79 Å². The first-order valence-corrected chi connectivity index (χ1v) is 10.4. The van der Waals surface area contributed by atoms with Crippen molar-refractivity contribution in [3.8, 4) is 0 Å². The molecule has 1 aliphatic carbocycles. The van der Waals surface area contributed by atoms with Crippen LogP contribution in [0.4, 0.5) is 0 Å². The maximum atomic E-state index is 13.1. The molecule has 2 aliphatic heterocycles. The number of likely N-dealkylation sites (tertiary alicyclic amines) is 2. The second-order valence-corrected chi connectivity index (χ2v) is 9.84. The molecule has 3 aliphatic rings. The van der Waals surface area contributed by atoms with Crippen molar-refractivity contribution in [3.05, 3.63) is 11.6 Å². The molecule has 0 N–H and O–H groups in total. The lowest BCUT2D eigenvalue weighted by Gasteiger charge is -2.38. The van der Waals surface area contributed by atoms with Crippen LogP contribution in [0.1, 0.15) is 60.3 Å². The van der Waals surface area contributed by atoms with E-state index < -0.39 is 0 Å². The Morgan fingerprint density at radius 1 is 1.12 bits per heavy atom. The molecule has 0 aromatic rings. The van der Waals surface area contributed by atoms with Crippen LogP contribution in [0, 0.1) is 29.1 Å². The van der Waals surface area contributed by atoms with Gasteiger partial charge in [-0.1, -0.05) is 32.4 Å². The van der Waals surface area contributed by atoms with Gasteiger partial charge in [0.2, 0.25) is 5.91 Å². The van der Waals surface area contributed by atoms with Crippen molar-refractivity contribution in [2.45, 2.75) is 60.3 Å². The third-order valence-electron chi connectivity index (χ3n) is 6.91. The van der Waals surface area contributed by atoms with Crippen LogP contribution in [-0.4, -0.2) is 48.4 Å². The van der Waals surface area contributed by atoms with Crippen molar-refractivity contribution in [1.82, 2.24) is 9.80 Å². The van der Waals surface area contributed by atoms with E-state index in [0.29, 0.717) is 17.7 Å². The molecule has 0 unspecified atom stereocenters. The molecular weight excluding hydrogens is 308 g/mol. The van der Waals surface area contributed by atoms with Gasteiger partial charge >= 0.3 is 0 Å². The normalized spacial score (nSPS) is 33.2. The molecule has 1 amide bonds. The van der Waals surface area contributed by atoms with Crippen molar-refractivity contribution >= 4 is 5.91 Å². The number of hydrogen-bond donors (Lipinski definition) is 0. The summed E-state index contributed by atoms with van der Waals surface area (Å²) in [4.78, 5) is 18.0. The number of piperidine rings is 2. The second kappa shape index (κ2) is 7.42. The highest BCUT2D eigenvalue weighted by atomic mass is 16.2. The molecule has 25 heavy (non-hydrogen) atoms. The molecule has 3 atom stereocenters. The number of carbonyl (C=O) groups is 1. The van der Waals surface area contributed by atoms with Crippen molar-refractivity contribution in [2.75, 3.05) is 32.7 Å². The van der Waals surface area contributed by atoms with Gasteiger partial charge in [0, 0.05) is 19.6 Å². The average molecular weight is 347 g/mol. The number of hydrogen-bond acceptors (Lipinski definition) is 2. The lowest BCUT2D eigenvalue weighted by molar-refractivity contribution is -0.135. The van der Waals surface area contributed by atoms with E-state index in [-0.39, 0.29) is 11.3 Å². The van der Waals surface area contributed by atoms with Crippen LogP contribution < -0.4 is 0 Å². The number of amides is 1. The maximum Gasteiger partial charge on any atom is 0.226 e. The number of rotatable bonds is 4. The summed E-state index contributed by atoms with van der Waals surface area (Å²) in [5.74, 6) is 2.63. The van der Waals surface area contributed by atoms with Crippen molar-refractivity contribution in [2.24, 2.45) is 29.1 Å². The van der Waals surface area contributed by atoms with Gasteiger partial charge in [0.15, 0.2) is 0 Å². The van der Waals surface area contributed by atoms with Crippen LogP contribution in [0.15, 0.2) is 11.6 Å². The molecule has 0 radical (unpaired) electrons. The molecule has 0 bridgehead atoms. The molecule has 1 saturated carbocycles. The standard InChI is InChI=1S/C22H38N2O/c1-16(2)13-19-20(22(19,4)5)21(25)24-10-6-7-18(15-24)14-23-11-8-17(3)9-12-23/h13,17-20H,6-12,14-15H2,1-5H3/t18-,19-,20+/m1/s1. The minimum atomic E-state index is 0.143. The Hall–Kier alpha value is -0.830. The summed E-state index contributed by atoms with van der Waals surface area (Å²) < 4.78 is 0. The van der Waals surface area contributed by atoms with Gasteiger partial charge < -0.3 is 9.80 Å². The smallest absolute Gasteiger partial charge is 0.226 e. The molecule has 2 saturated heterocycles. The SMILES string of the molecule is CC(C)=C[C@@H]1[C@@H](C(=O)N2CCC[C@H](CN3CCC(C)CC3)C2)C1(C)C. The Morgan fingerprint density at radius 3 is 2.44 bits per heavy atom. The minimum Gasteiger partial charge on any atom is -0.342 e. The van der Waals surface area contributed by atoms with E-state index >= 15 is 0 Å². The fraction of sp³-hybridized carbons (Fsp3) is 0.864. The van der Waals surface area contributed by atoms with Gasteiger partial charge in [-0.3, -0.25) is 4.79 Å². The molecule has 3 heteroatoms. The Bertz CT molecular complexity index is 512. The van der Waals surface area contributed by atoms with Gasteiger partial charge in [-0.05, 0) is 75.8 Å². The molecule has 0 aromatic carbocycles. The summed E-state index contributed by atoms with van der Waals surface area (Å²) >= 11 is 0. The predicted octanol–water partition coefficient (Wildman–Crippen LogP) is 4.20. The Balaban J connectivity index is 1.54. The van der Waals surface area contributed by atoms with Crippen LogP contribution in [0.3, 0.4) is 0 Å². The average Bonchev–Trinajstić information content (AvgIpc) is 3.09. The Kier molecular flexibility index (Phi) is 5.63. The number of carbonyl (C=O) groups excluding carboxylic acids is 1. The second-order valence-electron chi connectivity index (χ2n) is 9.84. The lowest BCUT2D eigenvalue weighted by Crippen LogP contribution is -2.46. The van der Waals surface area contributed by atoms with Gasteiger partial charge in [-0.25, -0.2) is 0 Å². The summed E-state index contributed by atoms with van der Waals surface area (Å²) in [6.07, 6.45) is 7.48. The highest BCUT2D eigenvalue weighted by Gasteiger charge is 2.61. The number of nitrogens with zero attached hydrogens (tertiary/aromatic N) is 2. The first-order valence-electron chi connectivity index (χ1n) is 10.4. The molecule has 3 rings (SSSR count). The van der Waals surface area contributed by atoms with Crippen molar-refractivity contribution < 1.29 is 4.79 Å². The van der Waals surface area contributed by atoms with E-state index in [4.69, 9.17) is 0 Å². The monoisotopic (exact) mass is 346 g/mol. The summed E-state index contributed by atoms with van der Waals surface area (Å²) in [7, 11) is 0. The molecule has 3 nitrogen and oxygen atoms in total. The van der Waals surface area contributed by atoms with E-state index in [9.17, 15) is 4.79 Å². The first kappa shape index (κ1) is 18.9. The highest BCUT2D eigenvalue weighted by Crippen LogP contribution is 2.60. The van der Waals surface area contributed by atoms with Gasteiger partial charge in [0.25, 0.3) is 0 Å². The fourth-order valence-electron chi connectivity index (χ4n) is 5.04. The van der Waals surface area contributed by atoms with E-state index in [1.54, 1.807) is 0 Å². The topological polar surface area (TPSA) is 23.6 Å². The maximum absolute atomic E-state index is 13.1. The molecule has 3 fully saturated rings. The molecule has 142 valence electrons. The van der Waals surface area contributed by atoms with E-state index in [2.05, 4.69) is 50.5 Å². The largest absolute Gasteiger partial charge is 0.342 e. The zero-order valence-corrected chi connectivity index (χ0v) is 17.1. The van der Waals surface area contributed by atoms with Crippen LogP contribution >= 0.6 is 0 Å². The number of allylic oxidation sites excluding steroid dienone is 2. The lowest BCUT2D eigenvalue weighted by atomic mass is 9.94. The zero-order chi connectivity index (χ0) is 18.2. The van der Waals surface area contributed by atoms with Gasteiger partial charge in [-0.15, -0.1) is 0 Å². The fourth-order valence-corrected chi connectivity index (χ4v) is 5.04. The minimum absolute atomic E-state index is 0.143. The van der Waals surface area contributed by atoms with E-state index in [1.165, 1.54) is 50.9 Å². The third kappa shape index (κ3) is 4.30. The van der Waals surface area contributed by atoms with Gasteiger partial charge in [0.1, 0.15) is 0 Å². The van der Waals surface area contributed by atoms with Gasteiger partial charge in [0.05, 0.1) is 5.92 Å². The zero-order valence-electron chi connectivity index (χ0n) is 17.1. The van der Waals surface area contributed by atoms with E-state index in [0.717, 1.165) is 19.0 Å². The summed E-state index contributed by atoms with van der Waals surface area (Å²) in [6, 6.07) is 0. The summed E-state index contributed by atoms with van der Waals surface area (Å²) in [5.41, 5.74) is 1.48. The highest BCUT2D eigenvalue weighted by molar-refractivity contribution is 5.84. The van der Waals surface area contributed by atoms with Crippen molar-refractivity contribution in [1.29, 1.82) is 0 Å². The molecule has 2 heterocycles. The Labute approximate surface area is 154 Å².